The van der Waals surface area contributed by atoms with Crippen molar-refractivity contribution in [3.63, 3.8) is 0 Å². The van der Waals surface area contributed by atoms with Crippen molar-refractivity contribution < 1.29 is 0 Å². The Labute approximate surface area is 728 Å². The minimum Gasteiger partial charge on any atom is -0.0622 e. The van der Waals surface area contributed by atoms with Crippen LogP contribution in [0.5, 0.6) is 0 Å². The summed E-state index contributed by atoms with van der Waals surface area (Å²) < 4.78 is 0. The van der Waals surface area contributed by atoms with E-state index in [0.717, 1.165) is 0 Å². The third kappa shape index (κ3) is 10.0. The van der Waals surface area contributed by atoms with Crippen LogP contribution in [0.1, 0.15) is 0 Å². The van der Waals surface area contributed by atoms with Gasteiger partial charge in [0.2, 0.25) is 0 Å². The molecule has 0 N–H and O–H groups in total. The maximum atomic E-state index is 2.66. The van der Waals surface area contributed by atoms with Gasteiger partial charge in [0.25, 0.3) is 0 Å². The first-order chi connectivity index (χ1) is 62.7. The summed E-state index contributed by atoms with van der Waals surface area (Å²) in [6.07, 6.45) is 0. The smallest absolute Gasteiger partial charge is 0.000717 e. The van der Waals surface area contributed by atoms with Crippen LogP contribution in [0.3, 0.4) is 0 Å². The first-order valence-corrected chi connectivity index (χ1v) is 44.0. The van der Waals surface area contributed by atoms with Crippen molar-refractivity contribution in [3.8, 4) is 178 Å². The van der Waals surface area contributed by atoms with Gasteiger partial charge in [-0.1, -0.05) is 437 Å². The summed E-state index contributed by atoms with van der Waals surface area (Å²) in [7, 11) is 0. The molecule has 27 rings (SSSR count). The highest BCUT2D eigenvalue weighted by atomic mass is 14.4. The number of hydrogen-bond donors (Lipinski definition) is 0. The van der Waals surface area contributed by atoms with Crippen LogP contribution in [0.2, 0.25) is 0 Å². The number of fused-ring (bicyclic) bond motifs is 12. The second kappa shape index (κ2) is 27.6. The normalized spacial score (nSPS) is 12.1. The Balaban J connectivity index is 0.820. The molecule has 0 aromatic heterocycles. The maximum Gasteiger partial charge on any atom is -0.000717 e. The van der Waals surface area contributed by atoms with Gasteiger partial charge in [-0.2, -0.15) is 0 Å². The lowest BCUT2D eigenvalue weighted by atomic mass is 9.78. The Hall–Kier alpha value is -16.4. The van der Waals surface area contributed by atoms with Crippen molar-refractivity contribution in [1.29, 1.82) is 0 Å². The number of hydrogen-bond acceptors (Lipinski definition) is 0. The molecule has 0 atom stereocenters. The average Bonchev–Trinajstić information content (AvgIpc) is 1.49. The zero-order chi connectivity index (χ0) is 82.3. The van der Waals surface area contributed by atoms with E-state index >= 15 is 0 Å². The molecule has 0 saturated carbocycles. The minimum absolute atomic E-state index is 1.18. The lowest BCUT2D eigenvalue weighted by Crippen LogP contribution is -1.98. The number of rotatable bonds is 12. The van der Waals surface area contributed by atoms with Crippen LogP contribution >= 0.6 is 0 Å². The molecule has 4 aliphatic rings. The highest BCUT2D eigenvalue weighted by Gasteiger charge is 2.40. The zero-order valence-corrected chi connectivity index (χ0v) is 68.7. The third-order valence-electron chi connectivity index (χ3n) is 28.0. The largest absolute Gasteiger partial charge is 0.0622 e. The molecule has 0 aliphatic heterocycles. The molecule has 0 saturated heterocycles. The molecule has 23 aromatic rings. The SMILES string of the molecule is c1ccc(-c2c3c(c(-c4ccccc4)c4cc5c(-c6ccccc6)c6c(c(-c7ccccc7)c5cc24)=c2ccc4c5c(ccc=6c25)=c2c(-c5ccccc5)c5c(-c6ccccc6)ccc(-c6ccccc6)c5c(-c5ccccc5)c2=4)-c2ccc4c5c(ccc-3c25)-c2c-4c(-c3ccccc3)c3c(-c4ccccc4)ccc(-c4ccccc4)c3c2-c2ccccc2)cc1. The van der Waals surface area contributed by atoms with Gasteiger partial charge >= 0.3 is 0 Å². The van der Waals surface area contributed by atoms with Crippen LogP contribution < -0.4 is 0 Å². The topological polar surface area (TPSA) is 0 Å². The monoisotopic (exact) mass is 1590 g/mol. The van der Waals surface area contributed by atoms with Crippen LogP contribution in [0.25, 0.3) is 243 Å². The summed E-state index contributed by atoms with van der Waals surface area (Å²) in [6, 6.07) is 170. The Morgan fingerprint density at radius 1 is 0.0952 bits per heavy atom. The Kier molecular flexibility index (Phi) is 15.4. The fourth-order valence-corrected chi connectivity index (χ4v) is 23.1. The fraction of sp³-hybridized carbons (Fsp3) is 0. The van der Waals surface area contributed by atoms with Gasteiger partial charge in [-0.25, -0.2) is 0 Å². The van der Waals surface area contributed by atoms with Gasteiger partial charge in [-0.05, 0) is 297 Å². The lowest BCUT2D eigenvalue weighted by Gasteiger charge is -2.25. The molecule has 0 amide bonds. The van der Waals surface area contributed by atoms with E-state index in [-0.39, 0.29) is 0 Å². The van der Waals surface area contributed by atoms with Crippen LogP contribution in [0.4, 0.5) is 0 Å². The first-order valence-electron chi connectivity index (χ1n) is 44.0. The maximum absolute atomic E-state index is 2.66. The van der Waals surface area contributed by atoms with Crippen LogP contribution in [0, 0.1) is 41.7 Å². The highest BCUT2D eigenvalue weighted by Crippen LogP contribution is 2.66. The van der Waals surface area contributed by atoms with Gasteiger partial charge in [0.1, 0.15) is 0 Å². The van der Waals surface area contributed by atoms with Crippen LogP contribution in [-0.2, 0) is 0 Å². The molecule has 0 heteroatoms. The Morgan fingerprint density at radius 2 is 0.262 bits per heavy atom. The second-order valence-electron chi connectivity index (χ2n) is 34.3. The van der Waals surface area contributed by atoms with Crippen LogP contribution in [-0.4, -0.2) is 0 Å². The molecular formula is C126H74. The van der Waals surface area contributed by atoms with E-state index in [4.69, 9.17) is 0 Å². The van der Waals surface area contributed by atoms with Gasteiger partial charge < -0.3 is 0 Å². The quantitative estimate of drug-likeness (QED) is 0.107. The molecular weight excluding hydrogens is 1510 g/mol. The second-order valence-corrected chi connectivity index (χ2v) is 34.3. The summed E-state index contributed by atoms with van der Waals surface area (Å²) >= 11 is 0. The molecule has 0 spiro atoms. The van der Waals surface area contributed by atoms with Gasteiger partial charge in [0, 0.05) is 0 Å². The molecule has 126 heavy (non-hydrogen) atoms. The van der Waals surface area contributed by atoms with Crippen molar-refractivity contribution in [3.05, 3.63) is 491 Å². The average molecular weight is 1590 g/mol. The van der Waals surface area contributed by atoms with Gasteiger partial charge in [0.15, 0.2) is 0 Å². The Bertz CT molecular complexity index is 8550. The van der Waals surface area contributed by atoms with E-state index in [1.54, 1.807) is 0 Å². The van der Waals surface area contributed by atoms with E-state index < -0.39 is 0 Å². The molecule has 0 unspecified atom stereocenters. The third-order valence-corrected chi connectivity index (χ3v) is 28.0. The van der Waals surface area contributed by atoms with Gasteiger partial charge in [-0.15, -0.1) is 0 Å². The summed E-state index contributed by atoms with van der Waals surface area (Å²) in [4.78, 5) is 0. The summed E-state index contributed by atoms with van der Waals surface area (Å²) in [6.45, 7) is 0. The van der Waals surface area contributed by atoms with Crippen molar-refractivity contribution >= 4 is 64.6 Å². The van der Waals surface area contributed by atoms with E-state index in [9.17, 15) is 0 Å². The Morgan fingerprint density at radius 3 is 0.500 bits per heavy atom. The van der Waals surface area contributed by atoms with E-state index in [1.165, 1.54) is 284 Å². The molecule has 578 valence electrons. The van der Waals surface area contributed by atoms with Gasteiger partial charge in [-0.3, -0.25) is 0 Å². The van der Waals surface area contributed by atoms with Crippen molar-refractivity contribution in [2.75, 3.05) is 0 Å². The molecule has 0 fully saturated rings. The van der Waals surface area contributed by atoms with Crippen LogP contribution in [0.15, 0.2) is 449 Å². The van der Waals surface area contributed by atoms with E-state index in [2.05, 4.69) is 449 Å². The molecule has 0 heterocycles. The molecule has 0 radical (unpaired) electrons. The fourth-order valence-electron chi connectivity index (χ4n) is 23.1. The number of benzene rings is 23. The summed E-state index contributed by atoms with van der Waals surface area (Å²) in [5.74, 6) is 0. The molecule has 0 nitrogen and oxygen atoms in total. The molecule has 23 aromatic carbocycles. The van der Waals surface area contributed by atoms with E-state index in [0.29, 0.717) is 0 Å². The van der Waals surface area contributed by atoms with Crippen molar-refractivity contribution in [2.24, 2.45) is 0 Å². The predicted molar refractivity (Wildman–Crippen MR) is 529 cm³/mol. The van der Waals surface area contributed by atoms with Gasteiger partial charge in [0.05, 0.1) is 0 Å². The molecule has 0 bridgehead atoms. The molecule has 4 aliphatic carbocycles. The van der Waals surface area contributed by atoms with Crippen molar-refractivity contribution in [2.45, 2.75) is 0 Å². The first kappa shape index (κ1) is 70.3. The van der Waals surface area contributed by atoms with E-state index in [1.807, 2.05) is 0 Å². The highest BCUT2D eigenvalue weighted by molar-refractivity contribution is 6.38. The van der Waals surface area contributed by atoms with Crippen molar-refractivity contribution in [1.82, 2.24) is 0 Å². The zero-order valence-electron chi connectivity index (χ0n) is 68.7. The summed E-state index contributed by atoms with van der Waals surface area (Å²) in [5.41, 5.74) is 39.1. The summed E-state index contributed by atoms with van der Waals surface area (Å²) in [5, 5.41) is 25.1. The predicted octanol–water partition coefficient (Wildman–Crippen LogP) is 33.7. The minimum atomic E-state index is 1.18. The standard InChI is InChI=1S/C126H74/c1-13-37-75(38-14-1)87-61-62-88(76-39-15-2-16-40-76)116-108(84-55-31-10-32-56-84)124-96-70-66-92-111-91(65-69-95(113(96)111)123(124)107(115(87)116)83-53-29-9-30-54-83)119-103(79-45-21-5-22-46-79)99-73-101-102(74-100(99)104(120(92)119)80-47-23-6-24-48-80)106(82-51-27-8-28-52-82)122-94-68-72-98-114-97(71-67-93(112(94)114)121(122)105(101)81-49-25-7-26-50-81)125-109(85-57-33-11-34-58-85)117-89(77-41-17-3-18-42-77)63-64-90(78-43-19-4-20-44-78)118(117)110(126(98)125)86-59-35-12-36-60-86/h1-74H. The lowest BCUT2D eigenvalue weighted by molar-refractivity contribution is 1.47.